The van der Waals surface area contributed by atoms with Gasteiger partial charge in [0.2, 0.25) is 17.7 Å². The lowest BCUT2D eigenvalue weighted by atomic mass is 10.1. The van der Waals surface area contributed by atoms with Gasteiger partial charge in [0, 0.05) is 28.7 Å². The van der Waals surface area contributed by atoms with E-state index in [0.717, 1.165) is 21.4 Å². The predicted molar refractivity (Wildman–Crippen MR) is 130 cm³/mol. The number of carbonyl (C=O) groups excluding carboxylic acids is 3. The summed E-state index contributed by atoms with van der Waals surface area (Å²) in [6.07, 6.45) is 2.25. The van der Waals surface area contributed by atoms with Crippen molar-refractivity contribution >= 4 is 51.8 Å². The molecule has 3 amide bonds. The molecule has 1 aliphatic rings. The zero-order valence-electron chi connectivity index (χ0n) is 17.7. The van der Waals surface area contributed by atoms with Crippen molar-refractivity contribution in [2.45, 2.75) is 23.0 Å². The van der Waals surface area contributed by atoms with Gasteiger partial charge in [-0.3, -0.25) is 14.4 Å². The normalized spacial score (nSPS) is 15.9. The number of rotatable bonds is 6. The molecule has 0 saturated carbocycles. The second-order valence-corrected chi connectivity index (χ2v) is 9.14. The highest BCUT2D eigenvalue weighted by molar-refractivity contribution is 8.00. The van der Waals surface area contributed by atoms with Crippen molar-refractivity contribution in [3.05, 3.63) is 90.6 Å². The lowest BCUT2D eigenvalue weighted by Crippen LogP contribution is -2.31. The SMILES string of the molecule is O=C(Cc1ccccc1)Nc1cccc(SC2CC(=O)N(c3ccc4cc[nH]c4c3)C2=O)c1. The minimum Gasteiger partial charge on any atom is -0.361 e. The van der Waals surface area contributed by atoms with Crippen LogP contribution in [0.5, 0.6) is 0 Å². The van der Waals surface area contributed by atoms with Crippen LogP contribution in [-0.4, -0.2) is 28.0 Å². The Morgan fingerprint density at radius 1 is 1.00 bits per heavy atom. The van der Waals surface area contributed by atoms with Gasteiger partial charge >= 0.3 is 0 Å². The summed E-state index contributed by atoms with van der Waals surface area (Å²) >= 11 is 1.34. The number of fused-ring (bicyclic) bond motifs is 1. The third-order valence-electron chi connectivity index (χ3n) is 5.51. The first-order valence-corrected chi connectivity index (χ1v) is 11.5. The summed E-state index contributed by atoms with van der Waals surface area (Å²) in [7, 11) is 0. The van der Waals surface area contributed by atoms with Gasteiger partial charge < -0.3 is 10.3 Å². The van der Waals surface area contributed by atoms with Gasteiger partial charge in [0.25, 0.3) is 0 Å². The fraction of sp³-hybridized carbons (Fsp3) is 0.115. The molecule has 33 heavy (non-hydrogen) atoms. The molecule has 3 aromatic carbocycles. The number of carbonyl (C=O) groups is 3. The Hall–Kier alpha value is -3.84. The monoisotopic (exact) mass is 455 g/mol. The lowest BCUT2D eigenvalue weighted by Gasteiger charge is -2.15. The minimum atomic E-state index is -0.507. The number of thioether (sulfide) groups is 1. The molecule has 164 valence electrons. The molecule has 7 heteroatoms. The molecule has 0 radical (unpaired) electrons. The molecule has 0 bridgehead atoms. The molecule has 6 nitrogen and oxygen atoms in total. The van der Waals surface area contributed by atoms with E-state index >= 15 is 0 Å². The molecule has 1 aliphatic heterocycles. The van der Waals surface area contributed by atoms with Crippen molar-refractivity contribution in [1.29, 1.82) is 0 Å². The summed E-state index contributed by atoms with van der Waals surface area (Å²) in [4.78, 5) is 43.3. The molecule has 1 unspecified atom stereocenters. The number of benzene rings is 3. The largest absolute Gasteiger partial charge is 0.361 e. The Labute approximate surface area is 195 Å². The number of aromatic nitrogens is 1. The number of hydrogen-bond acceptors (Lipinski definition) is 4. The van der Waals surface area contributed by atoms with Crippen molar-refractivity contribution in [2.24, 2.45) is 0 Å². The van der Waals surface area contributed by atoms with Crippen LogP contribution >= 0.6 is 11.8 Å². The Morgan fingerprint density at radius 3 is 2.70 bits per heavy atom. The van der Waals surface area contributed by atoms with Crippen LogP contribution in [0.3, 0.4) is 0 Å². The third-order valence-corrected chi connectivity index (χ3v) is 6.68. The Kier molecular flexibility index (Phi) is 5.71. The topological polar surface area (TPSA) is 82.3 Å². The van der Waals surface area contributed by atoms with E-state index in [1.165, 1.54) is 16.7 Å². The van der Waals surface area contributed by atoms with Gasteiger partial charge in [0.05, 0.1) is 17.4 Å². The van der Waals surface area contributed by atoms with Crippen LogP contribution in [0.2, 0.25) is 0 Å². The number of imide groups is 1. The average Bonchev–Trinajstić information content (AvgIpc) is 3.38. The van der Waals surface area contributed by atoms with E-state index in [4.69, 9.17) is 0 Å². The molecule has 2 heterocycles. The molecular weight excluding hydrogens is 434 g/mol. The Balaban J connectivity index is 1.27. The zero-order chi connectivity index (χ0) is 22.8. The highest BCUT2D eigenvalue weighted by Gasteiger charge is 2.40. The van der Waals surface area contributed by atoms with Crippen molar-refractivity contribution < 1.29 is 14.4 Å². The standard InChI is InChI=1S/C26H21N3O3S/c30-24(13-17-5-2-1-3-6-17)28-19-7-4-8-21(14-19)33-23-16-25(31)29(26(23)32)20-10-9-18-11-12-27-22(18)15-20/h1-12,14-15,23,27H,13,16H2,(H,28,30). The number of nitrogens with zero attached hydrogens (tertiary/aromatic N) is 1. The number of aromatic amines is 1. The molecule has 1 atom stereocenters. The van der Waals surface area contributed by atoms with Gasteiger partial charge in [0.1, 0.15) is 0 Å². The summed E-state index contributed by atoms with van der Waals surface area (Å²) < 4.78 is 0. The number of hydrogen-bond donors (Lipinski definition) is 2. The number of anilines is 2. The van der Waals surface area contributed by atoms with Crippen molar-refractivity contribution in [3.63, 3.8) is 0 Å². The van der Waals surface area contributed by atoms with Gasteiger partial charge in [-0.25, -0.2) is 4.90 Å². The van der Waals surface area contributed by atoms with Gasteiger partial charge in [-0.2, -0.15) is 0 Å². The maximum absolute atomic E-state index is 13.1. The van der Waals surface area contributed by atoms with E-state index in [9.17, 15) is 14.4 Å². The van der Waals surface area contributed by atoms with E-state index in [-0.39, 0.29) is 30.6 Å². The fourth-order valence-corrected chi connectivity index (χ4v) is 5.05. The van der Waals surface area contributed by atoms with Crippen molar-refractivity contribution in [1.82, 2.24) is 4.98 Å². The van der Waals surface area contributed by atoms with Crippen LogP contribution in [-0.2, 0) is 20.8 Å². The van der Waals surface area contributed by atoms with E-state index in [1.54, 1.807) is 6.07 Å². The first-order chi connectivity index (χ1) is 16.1. The van der Waals surface area contributed by atoms with Gasteiger partial charge in [-0.05, 0) is 47.3 Å². The van der Waals surface area contributed by atoms with E-state index < -0.39 is 5.25 Å². The van der Waals surface area contributed by atoms with Crippen LogP contribution in [0, 0.1) is 0 Å². The second kappa shape index (κ2) is 8.96. The summed E-state index contributed by atoms with van der Waals surface area (Å²) in [5.41, 5.74) is 3.05. The average molecular weight is 456 g/mol. The minimum absolute atomic E-state index is 0.110. The van der Waals surface area contributed by atoms with Crippen LogP contribution in [0.1, 0.15) is 12.0 Å². The van der Waals surface area contributed by atoms with Gasteiger partial charge in [-0.1, -0.05) is 42.5 Å². The first kappa shape index (κ1) is 21.0. The molecule has 1 saturated heterocycles. The Bertz CT molecular complexity index is 1350. The van der Waals surface area contributed by atoms with Crippen molar-refractivity contribution in [2.75, 3.05) is 10.2 Å². The number of nitrogens with one attached hydrogen (secondary N) is 2. The zero-order valence-corrected chi connectivity index (χ0v) is 18.5. The van der Waals surface area contributed by atoms with Crippen LogP contribution in [0.4, 0.5) is 11.4 Å². The quantitative estimate of drug-likeness (QED) is 0.410. The van der Waals surface area contributed by atoms with Crippen molar-refractivity contribution in [3.8, 4) is 0 Å². The Morgan fingerprint density at radius 2 is 1.85 bits per heavy atom. The maximum Gasteiger partial charge on any atom is 0.247 e. The maximum atomic E-state index is 13.1. The smallest absolute Gasteiger partial charge is 0.247 e. The molecular formula is C26H21N3O3S. The number of H-pyrrole nitrogens is 1. The van der Waals surface area contributed by atoms with Crippen LogP contribution in [0.15, 0.2) is 90.0 Å². The molecule has 1 aromatic heterocycles. The van der Waals surface area contributed by atoms with Gasteiger partial charge in [0.15, 0.2) is 0 Å². The highest BCUT2D eigenvalue weighted by Crippen LogP contribution is 2.35. The number of amides is 3. The molecule has 4 aromatic rings. The summed E-state index contributed by atoms with van der Waals surface area (Å²) in [5, 5.41) is 3.42. The second-order valence-electron chi connectivity index (χ2n) is 7.87. The van der Waals surface area contributed by atoms with E-state index in [2.05, 4.69) is 10.3 Å². The summed E-state index contributed by atoms with van der Waals surface area (Å²) in [5.74, 6) is -0.550. The van der Waals surface area contributed by atoms with E-state index in [1.807, 2.05) is 79.0 Å². The van der Waals surface area contributed by atoms with Crippen LogP contribution < -0.4 is 10.2 Å². The van der Waals surface area contributed by atoms with Gasteiger partial charge in [-0.15, -0.1) is 11.8 Å². The third kappa shape index (κ3) is 4.54. The predicted octanol–water partition coefficient (Wildman–Crippen LogP) is 4.77. The highest BCUT2D eigenvalue weighted by atomic mass is 32.2. The first-order valence-electron chi connectivity index (χ1n) is 10.6. The lowest BCUT2D eigenvalue weighted by molar-refractivity contribution is -0.121. The molecule has 1 fully saturated rings. The molecule has 0 aliphatic carbocycles. The fourth-order valence-electron chi connectivity index (χ4n) is 3.94. The molecule has 5 rings (SSSR count). The molecule has 2 N–H and O–H groups in total. The summed E-state index contributed by atoms with van der Waals surface area (Å²) in [6.45, 7) is 0. The molecule has 0 spiro atoms. The summed E-state index contributed by atoms with van der Waals surface area (Å²) in [6, 6.07) is 24.3. The van der Waals surface area contributed by atoms with Crippen LogP contribution in [0.25, 0.3) is 10.9 Å². The van der Waals surface area contributed by atoms with E-state index in [0.29, 0.717) is 11.4 Å².